The summed E-state index contributed by atoms with van der Waals surface area (Å²) in [4.78, 5) is 57.2. The molecule has 26 heavy (non-hydrogen) atoms. The summed E-state index contributed by atoms with van der Waals surface area (Å²) in [6, 6.07) is 2.27. The smallest absolute Gasteiger partial charge is 0.211 e. The molecule has 8 heteroatoms. The summed E-state index contributed by atoms with van der Waals surface area (Å²) in [6.45, 7) is 1.88. The van der Waals surface area contributed by atoms with Crippen LogP contribution in [0, 0.1) is 0 Å². The summed E-state index contributed by atoms with van der Waals surface area (Å²) in [7, 11) is 0. The van der Waals surface area contributed by atoms with Gasteiger partial charge in [0.2, 0.25) is 24.3 Å². The molecule has 0 aliphatic heterocycles. The zero-order chi connectivity index (χ0) is 19.2. The van der Waals surface area contributed by atoms with E-state index in [1.807, 2.05) is 0 Å². The molecule has 0 aliphatic carbocycles. The topological polar surface area (TPSA) is 118 Å². The Hall–Kier alpha value is -3.26. The van der Waals surface area contributed by atoms with Gasteiger partial charge in [0.25, 0.3) is 0 Å². The fraction of sp³-hybridized carbons (Fsp3) is 0.444. The molecule has 0 saturated heterocycles. The van der Waals surface area contributed by atoms with Crippen LogP contribution < -0.4 is 0 Å². The molecule has 0 amide bonds. The number of rotatable bonds is 11. The van der Waals surface area contributed by atoms with Gasteiger partial charge in [-0.2, -0.15) is 15.0 Å². The standard InChI is InChI=1S/C18H18N4O4/c1-2-3-4-5-6-14-7-8-15(20-11-24)17(18(14)22-13-26)16(21-12-25)9-19-10-23/h7-8,16H,2-6,9H2,1H3. The van der Waals surface area contributed by atoms with Gasteiger partial charge in [0, 0.05) is 5.56 Å². The van der Waals surface area contributed by atoms with E-state index in [4.69, 9.17) is 0 Å². The maximum Gasteiger partial charge on any atom is 0.240 e. The largest absolute Gasteiger partial charge is 0.240 e. The molecule has 8 nitrogen and oxygen atoms in total. The van der Waals surface area contributed by atoms with Crippen molar-refractivity contribution in [1.29, 1.82) is 0 Å². The van der Waals surface area contributed by atoms with Gasteiger partial charge >= 0.3 is 0 Å². The molecule has 1 aromatic rings. The maximum atomic E-state index is 10.9. The number of unbranched alkanes of at least 4 members (excludes halogenated alkanes) is 3. The van der Waals surface area contributed by atoms with Crippen LogP contribution >= 0.6 is 0 Å². The van der Waals surface area contributed by atoms with Crippen LogP contribution in [0.2, 0.25) is 0 Å². The lowest BCUT2D eigenvalue weighted by atomic mass is 9.95. The average molecular weight is 354 g/mol. The lowest BCUT2D eigenvalue weighted by molar-refractivity contribution is 0.553. The van der Waals surface area contributed by atoms with Crippen LogP contribution in [0.4, 0.5) is 11.4 Å². The van der Waals surface area contributed by atoms with Gasteiger partial charge in [0.05, 0.1) is 17.9 Å². The minimum absolute atomic E-state index is 0.136. The Morgan fingerprint density at radius 2 is 1.69 bits per heavy atom. The van der Waals surface area contributed by atoms with Gasteiger partial charge < -0.3 is 0 Å². The summed E-state index contributed by atoms with van der Waals surface area (Å²) in [5.74, 6) is 0. The van der Waals surface area contributed by atoms with Crippen molar-refractivity contribution in [2.75, 3.05) is 6.54 Å². The number of benzene rings is 1. The van der Waals surface area contributed by atoms with E-state index in [9.17, 15) is 19.2 Å². The van der Waals surface area contributed by atoms with E-state index in [2.05, 4.69) is 26.9 Å². The Morgan fingerprint density at radius 1 is 0.923 bits per heavy atom. The zero-order valence-electron chi connectivity index (χ0n) is 14.4. The number of isocyanates is 4. The second-order valence-corrected chi connectivity index (χ2v) is 5.39. The van der Waals surface area contributed by atoms with E-state index >= 15 is 0 Å². The maximum absolute atomic E-state index is 10.9. The first-order valence-electron chi connectivity index (χ1n) is 8.15. The molecule has 0 bridgehead atoms. The normalized spacial score (nSPS) is 10.5. The van der Waals surface area contributed by atoms with E-state index in [0.717, 1.165) is 31.2 Å². The molecule has 1 aromatic carbocycles. The first-order chi connectivity index (χ1) is 12.7. The van der Waals surface area contributed by atoms with Gasteiger partial charge in [-0.05, 0) is 24.5 Å². The highest BCUT2D eigenvalue weighted by molar-refractivity contribution is 5.70. The molecule has 1 unspecified atom stereocenters. The number of carbonyl (C=O) groups excluding carboxylic acids is 4. The lowest BCUT2D eigenvalue weighted by Crippen LogP contribution is -2.03. The molecule has 0 heterocycles. The fourth-order valence-corrected chi connectivity index (χ4v) is 2.62. The predicted octanol–water partition coefficient (Wildman–Crippen LogP) is 3.46. The summed E-state index contributed by atoms with van der Waals surface area (Å²) >= 11 is 0. The quantitative estimate of drug-likeness (QED) is 0.343. The lowest BCUT2D eigenvalue weighted by Gasteiger charge is -2.16. The summed E-state index contributed by atoms with van der Waals surface area (Å²) < 4.78 is 0. The van der Waals surface area contributed by atoms with E-state index in [1.165, 1.54) is 24.3 Å². The van der Waals surface area contributed by atoms with Gasteiger partial charge in [-0.15, -0.1) is 0 Å². The van der Waals surface area contributed by atoms with Crippen molar-refractivity contribution in [2.24, 2.45) is 20.0 Å². The number of hydrogen-bond donors (Lipinski definition) is 0. The fourth-order valence-electron chi connectivity index (χ4n) is 2.62. The van der Waals surface area contributed by atoms with E-state index in [-0.39, 0.29) is 23.5 Å². The minimum atomic E-state index is -0.983. The summed E-state index contributed by atoms with van der Waals surface area (Å²) in [5, 5.41) is 0. The molecule has 0 spiro atoms. The van der Waals surface area contributed by atoms with Crippen molar-refractivity contribution in [1.82, 2.24) is 0 Å². The number of aliphatic imine (C=N–C) groups is 4. The molecule has 0 saturated carbocycles. The van der Waals surface area contributed by atoms with E-state index in [0.29, 0.717) is 6.42 Å². The Labute approximate surface area is 150 Å². The third-order valence-corrected chi connectivity index (χ3v) is 3.77. The number of hydrogen-bond acceptors (Lipinski definition) is 8. The second kappa shape index (κ2) is 12.2. The molecule has 134 valence electrons. The van der Waals surface area contributed by atoms with Crippen LogP contribution in [0.15, 0.2) is 32.1 Å². The van der Waals surface area contributed by atoms with Gasteiger partial charge in [-0.1, -0.05) is 32.3 Å². The highest BCUT2D eigenvalue weighted by Gasteiger charge is 2.22. The van der Waals surface area contributed by atoms with E-state index in [1.54, 1.807) is 12.1 Å². The van der Waals surface area contributed by atoms with Crippen molar-refractivity contribution in [3.05, 3.63) is 23.3 Å². The molecule has 1 atom stereocenters. The van der Waals surface area contributed by atoms with Crippen molar-refractivity contribution in [3.8, 4) is 0 Å². The van der Waals surface area contributed by atoms with E-state index < -0.39 is 6.04 Å². The van der Waals surface area contributed by atoms with Crippen LogP contribution in [0.1, 0.15) is 49.8 Å². The average Bonchev–Trinajstić information content (AvgIpc) is 2.64. The monoisotopic (exact) mass is 354 g/mol. The minimum Gasteiger partial charge on any atom is -0.211 e. The Morgan fingerprint density at radius 3 is 2.31 bits per heavy atom. The SMILES string of the molecule is CCCCCCc1ccc(N=C=O)c(C(CN=C=O)N=C=O)c1N=C=O. The summed E-state index contributed by atoms with van der Waals surface area (Å²) in [6.07, 6.45) is 10.3. The number of aryl methyl sites for hydroxylation is 1. The van der Waals surface area contributed by atoms with Crippen molar-refractivity contribution >= 4 is 35.7 Å². The second-order valence-electron chi connectivity index (χ2n) is 5.39. The predicted molar refractivity (Wildman–Crippen MR) is 93.7 cm³/mol. The molecule has 0 fully saturated rings. The van der Waals surface area contributed by atoms with Crippen LogP contribution in [0.25, 0.3) is 0 Å². The van der Waals surface area contributed by atoms with Crippen LogP contribution in [-0.4, -0.2) is 30.9 Å². The van der Waals surface area contributed by atoms with Crippen molar-refractivity contribution in [3.63, 3.8) is 0 Å². The molecular formula is C18H18N4O4. The van der Waals surface area contributed by atoms with Crippen molar-refractivity contribution in [2.45, 2.75) is 45.1 Å². The summed E-state index contributed by atoms with van der Waals surface area (Å²) in [5.41, 5.74) is 1.31. The third-order valence-electron chi connectivity index (χ3n) is 3.77. The molecule has 0 aromatic heterocycles. The Kier molecular flexibility index (Phi) is 9.71. The molecular weight excluding hydrogens is 336 g/mol. The highest BCUT2D eigenvalue weighted by atomic mass is 16.1. The zero-order valence-corrected chi connectivity index (χ0v) is 14.4. The van der Waals surface area contributed by atoms with Crippen LogP contribution in [0.5, 0.6) is 0 Å². The van der Waals surface area contributed by atoms with Crippen LogP contribution in [-0.2, 0) is 25.6 Å². The first-order valence-corrected chi connectivity index (χ1v) is 8.15. The molecule has 0 N–H and O–H groups in total. The van der Waals surface area contributed by atoms with Crippen molar-refractivity contribution < 1.29 is 19.2 Å². The van der Waals surface area contributed by atoms with Gasteiger partial charge in [0.15, 0.2) is 0 Å². The van der Waals surface area contributed by atoms with Gasteiger partial charge in [0.1, 0.15) is 6.04 Å². The number of nitrogens with zero attached hydrogens (tertiary/aromatic N) is 4. The van der Waals surface area contributed by atoms with Gasteiger partial charge in [-0.25, -0.2) is 24.2 Å². The molecule has 1 rings (SSSR count). The Balaban J connectivity index is 3.52. The highest BCUT2D eigenvalue weighted by Crippen LogP contribution is 2.39. The van der Waals surface area contributed by atoms with Crippen LogP contribution in [0.3, 0.4) is 0 Å². The van der Waals surface area contributed by atoms with Gasteiger partial charge in [-0.3, -0.25) is 0 Å². The first kappa shape index (κ1) is 20.8. The Bertz CT molecular complexity index is 811. The molecule has 0 aliphatic rings. The third kappa shape index (κ3) is 5.99. The molecule has 0 radical (unpaired) electrons.